The van der Waals surface area contributed by atoms with E-state index < -0.39 is 59.9 Å². The van der Waals surface area contributed by atoms with Gasteiger partial charge in [-0.05, 0) is 0 Å². The number of aromatic amines is 1. The number of phosphoric ester groups is 1. The summed E-state index contributed by atoms with van der Waals surface area (Å²) in [4.78, 5) is 69.9. The number of phosphoric acid groups is 3. The lowest BCUT2D eigenvalue weighted by molar-refractivity contribution is -0.138. The van der Waals surface area contributed by atoms with Crippen molar-refractivity contribution in [1.82, 2.24) is 19.5 Å². The third-order valence-electron chi connectivity index (χ3n) is 4.50. The second-order valence-corrected chi connectivity index (χ2v) is 11.6. The molecule has 0 amide bonds. The summed E-state index contributed by atoms with van der Waals surface area (Å²) >= 11 is 0. The monoisotopic (exact) mass is 575 g/mol. The highest BCUT2D eigenvalue weighted by molar-refractivity contribution is 7.66. The maximum atomic E-state index is 12.1. The van der Waals surface area contributed by atoms with Gasteiger partial charge in [-0.3, -0.25) is 23.7 Å². The van der Waals surface area contributed by atoms with Gasteiger partial charge >= 0.3 is 29.4 Å². The van der Waals surface area contributed by atoms with Gasteiger partial charge in [-0.1, -0.05) is 6.58 Å². The molecule has 1 saturated heterocycles. The number of rotatable bonds is 10. The molecule has 2 aromatic rings. The third kappa shape index (κ3) is 7.15. The van der Waals surface area contributed by atoms with Crippen LogP contribution in [-0.2, 0) is 41.1 Å². The normalized spacial score (nSPS) is 23.8. The van der Waals surface area contributed by atoms with Gasteiger partial charge in [0.15, 0.2) is 11.2 Å². The van der Waals surface area contributed by atoms with Crippen LogP contribution in [0.2, 0.25) is 0 Å². The van der Waals surface area contributed by atoms with Gasteiger partial charge in [0.1, 0.15) is 12.0 Å². The molecular formula is C14H20N5O14P3. The maximum Gasteiger partial charge on any atom is 0.490 e. The number of hydrogen-bond acceptors (Lipinski definition) is 13. The number of ether oxygens (including phenoxy) is 2. The Morgan fingerprint density at radius 1 is 1.28 bits per heavy atom. The van der Waals surface area contributed by atoms with Crippen LogP contribution in [0.5, 0.6) is 0 Å². The summed E-state index contributed by atoms with van der Waals surface area (Å²) in [5.41, 5.74) is 4.92. The van der Waals surface area contributed by atoms with Gasteiger partial charge in [0.05, 0.1) is 19.0 Å². The van der Waals surface area contributed by atoms with Gasteiger partial charge in [0.25, 0.3) is 5.56 Å². The van der Waals surface area contributed by atoms with Gasteiger partial charge in [0.2, 0.25) is 5.95 Å². The van der Waals surface area contributed by atoms with Crippen LogP contribution in [-0.4, -0.2) is 57.8 Å². The first kappa shape index (κ1) is 28.3. The first-order valence-corrected chi connectivity index (χ1v) is 14.0. The van der Waals surface area contributed by atoms with Crippen molar-refractivity contribution < 1.29 is 60.7 Å². The van der Waals surface area contributed by atoms with Crippen molar-refractivity contribution in [3.8, 4) is 0 Å². The molecule has 5 atom stereocenters. The molecule has 0 radical (unpaired) electrons. The zero-order valence-corrected chi connectivity index (χ0v) is 20.7. The number of anilines is 1. The molecule has 5 unspecified atom stereocenters. The predicted molar refractivity (Wildman–Crippen MR) is 115 cm³/mol. The molecule has 19 nitrogen and oxygen atoms in total. The third-order valence-corrected chi connectivity index (χ3v) is 8.31. The van der Waals surface area contributed by atoms with Crippen molar-refractivity contribution in [3.05, 3.63) is 29.0 Å². The van der Waals surface area contributed by atoms with Crippen molar-refractivity contribution >= 4 is 46.5 Å². The van der Waals surface area contributed by atoms with Gasteiger partial charge in [0, 0.05) is 19.3 Å². The molecule has 1 aliphatic heterocycles. The second-order valence-electron chi connectivity index (χ2n) is 7.19. The van der Waals surface area contributed by atoms with Crippen LogP contribution in [0, 0.1) is 5.92 Å². The number of nitrogens with one attached hydrogen (secondary N) is 1. The number of esters is 1. The Morgan fingerprint density at radius 2 is 1.94 bits per heavy atom. The Labute approximate surface area is 200 Å². The zero-order chi connectivity index (χ0) is 27.1. The van der Waals surface area contributed by atoms with Crippen LogP contribution in [0.1, 0.15) is 19.6 Å². The molecule has 0 saturated carbocycles. The molecule has 36 heavy (non-hydrogen) atoms. The number of imidazole rings is 1. The minimum atomic E-state index is -5.73. The SMILES string of the molecule is C=C(OC(C)=O)C1CC(n2cnc3c(=O)[nH]c(N)nc32)OC1COP(=O)(O)OP(=O)(O)OP(=O)(O)O. The first-order chi connectivity index (χ1) is 16.5. The molecule has 200 valence electrons. The molecule has 0 spiro atoms. The molecule has 22 heteroatoms. The van der Waals surface area contributed by atoms with Gasteiger partial charge in [-0.25, -0.2) is 18.7 Å². The van der Waals surface area contributed by atoms with E-state index in [9.17, 15) is 33.1 Å². The summed E-state index contributed by atoms with van der Waals surface area (Å²) in [5.74, 6) is -1.95. The van der Waals surface area contributed by atoms with E-state index in [2.05, 4.69) is 34.7 Å². The molecule has 2 aromatic heterocycles. The minimum Gasteiger partial charge on any atom is -0.431 e. The molecule has 0 aliphatic carbocycles. The first-order valence-electron chi connectivity index (χ1n) is 9.50. The van der Waals surface area contributed by atoms with E-state index in [0.717, 1.165) is 6.92 Å². The fraction of sp³-hybridized carbons (Fsp3) is 0.429. The topological polar surface area (TPSA) is 285 Å². The molecule has 0 aromatic carbocycles. The highest BCUT2D eigenvalue weighted by Gasteiger charge is 2.44. The summed E-state index contributed by atoms with van der Waals surface area (Å²) in [7, 11) is -16.8. The lowest BCUT2D eigenvalue weighted by Crippen LogP contribution is -2.25. The van der Waals surface area contributed by atoms with Crippen LogP contribution < -0.4 is 11.3 Å². The highest BCUT2D eigenvalue weighted by atomic mass is 31.3. The van der Waals surface area contributed by atoms with E-state index in [1.54, 1.807) is 0 Å². The smallest absolute Gasteiger partial charge is 0.431 e. The Morgan fingerprint density at radius 3 is 2.56 bits per heavy atom. The van der Waals surface area contributed by atoms with Crippen LogP contribution in [0.3, 0.4) is 0 Å². The number of nitrogens with two attached hydrogens (primary N) is 1. The molecule has 3 rings (SSSR count). The highest BCUT2D eigenvalue weighted by Crippen LogP contribution is 2.66. The molecule has 3 heterocycles. The Balaban J connectivity index is 1.82. The Hall–Kier alpha value is -2.27. The molecule has 1 fully saturated rings. The van der Waals surface area contributed by atoms with Crippen LogP contribution >= 0.6 is 23.5 Å². The van der Waals surface area contributed by atoms with E-state index in [-0.39, 0.29) is 29.3 Å². The number of nitrogens with zero attached hydrogens (tertiary/aromatic N) is 3. The fourth-order valence-electron chi connectivity index (χ4n) is 3.28. The van der Waals surface area contributed by atoms with Gasteiger partial charge in [-0.15, -0.1) is 0 Å². The van der Waals surface area contributed by atoms with Crippen LogP contribution in [0.25, 0.3) is 11.2 Å². The summed E-state index contributed by atoms with van der Waals surface area (Å²) in [6, 6.07) is 0. The van der Waals surface area contributed by atoms with Gasteiger partial charge in [-0.2, -0.15) is 13.6 Å². The number of carbonyl (C=O) groups is 1. The maximum absolute atomic E-state index is 12.1. The van der Waals surface area contributed by atoms with Crippen molar-refractivity contribution in [2.24, 2.45) is 5.92 Å². The number of carbonyl (C=O) groups excluding carboxylic acids is 1. The number of fused-ring (bicyclic) bond motifs is 1. The molecule has 7 N–H and O–H groups in total. The Kier molecular flexibility index (Phi) is 8.05. The fourth-order valence-corrected chi connectivity index (χ4v) is 6.31. The number of H-pyrrole nitrogens is 1. The van der Waals surface area contributed by atoms with E-state index in [0.29, 0.717) is 0 Å². The number of hydrogen-bond donors (Lipinski definition) is 6. The quantitative estimate of drug-likeness (QED) is 0.124. The summed E-state index contributed by atoms with van der Waals surface area (Å²) < 4.78 is 58.4. The zero-order valence-electron chi connectivity index (χ0n) is 18.1. The van der Waals surface area contributed by atoms with Crippen LogP contribution in [0.4, 0.5) is 5.95 Å². The van der Waals surface area contributed by atoms with Crippen molar-refractivity contribution in [3.63, 3.8) is 0 Å². The van der Waals surface area contributed by atoms with Gasteiger partial charge < -0.3 is 34.8 Å². The average molecular weight is 575 g/mol. The van der Waals surface area contributed by atoms with E-state index in [4.69, 9.17) is 25.0 Å². The average Bonchev–Trinajstić information content (AvgIpc) is 3.27. The summed E-state index contributed by atoms with van der Waals surface area (Å²) in [6.07, 6.45) is -0.955. The largest absolute Gasteiger partial charge is 0.490 e. The molecule has 1 aliphatic rings. The lowest BCUT2D eigenvalue weighted by Gasteiger charge is -2.21. The molecular weight excluding hydrogens is 555 g/mol. The van der Waals surface area contributed by atoms with Crippen molar-refractivity contribution in [2.75, 3.05) is 12.3 Å². The molecule has 0 bridgehead atoms. The second kappa shape index (κ2) is 10.2. The Bertz CT molecular complexity index is 1380. The number of aromatic nitrogens is 4. The van der Waals surface area contributed by atoms with E-state index in [1.807, 2.05) is 0 Å². The van der Waals surface area contributed by atoms with E-state index >= 15 is 0 Å². The number of nitrogen functional groups attached to an aromatic ring is 1. The van der Waals surface area contributed by atoms with E-state index in [1.165, 1.54) is 10.9 Å². The summed E-state index contributed by atoms with van der Waals surface area (Å²) in [6.45, 7) is 3.89. The van der Waals surface area contributed by atoms with Crippen molar-refractivity contribution in [2.45, 2.75) is 25.7 Å². The lowest BCUT2D eigenvalue weighted by atomic mass is 9.99. The standard InChI is InChI=1S/C14H20N5O14P3/c1-6(30-7(2)20)8-3-10(19-5-16-11-12(19)17-14(15)18-13(11)21)31-9(8)4-29-35(25,26)33-36(27,28)32-34(22,23)24/h5,8-10H,1,3-4H2,2H3,(H,25,26)(H,27,28)(H2,22,23,24)(H3,15,17,18,21). The van der Waals surface area contributed by atoms with Crippen molar-refractivity contribution in [1.29, 1.82) is 0 Å². The predicted octanol–water partition coefficient (Wildman–Crippen LogP) is 0.0256. The van der Waals surface area contributed by atoms with Crippen LogP contribution in [0.15, 0.2) is 23.5 Å². The minimum absolute atomic E-state index is 0.00359. The summed E-state index contributed by atoms with van der Waals surface area (Å²) in [5, 5.41) is 0.